The smallest absolute Gasteiger partial charge is 0.235 e. The van der Waals surface area contributed by atoms with Crippen LogP contribution in [0.4, 0.5) is 0 Å². The summed E-state index contributed by atoms with van der Waals surface area (Å²) in [6, 6.07) is 11.4. The second-order valence-electron chi connectivity index (χ2n) is 7.32. The predicted octanol–water partition coefficient (Wildman–Crippen LogP) is 3.27. The van der Waals surface area contributed by atoms with Crippen LogP contribution in [0.2, 0.25) is 0 Å². The van der Waals surface area contributed by atoms with Crippen LogP contribution in [0.15, 0.2) is 24.3 Å². The molecule has 0 spiro atoms. The lowest BCUT2D eigenvalue weighted by Crippen LogP contribution is -2.52. The molecule has 1 aromatic carbocycles. The Morgan fingerprint density at radius 1 is 1.33 bits per heavy atom. The Hall–Kier alpha value is -1.86. The molecule has 130 valence electrons. The van der Waals surface area contributed by atoms with Crippen molar-refractivity contribution in [2.24, 2.45) is 5.92 Å². The number of carbonyl (C=O) groups is 1. The largest absolute Gasteiger partial charge is 0.337 e. The molecule has 0 aliphatic heterocycles. The number of hydrogen-bond donors (Lipinski definition) is 1. The second-order valence-corrected chi connectivity index (χ2v) is 7.32. The average Bonchev–Trinajstić information content (AvgIpc) is 3.39. The van der Waals surface area contributed by atoms with Crippen LogP contribution in [0.25, 0.3) is 0 Å². The number of nitrogens with zero attached hydrogens (tertiary/aromatic N) is 2. The van der Waals surface area contributed by atoms with Crippen molar-refractivity contribution in [1.82, 2.24) is 10.2 Å². The molecule has 0 unspecified atom stereocenters. The summed E-state index contributed by atoms with van der Waals surface area (Å²) in [5, 5.41) is 12.3. The van der Waals surface area contributed by atoms with Crippen LogP contribution in [-0.4, -0.2) is 28.9 Å². The lowest BCUT2D eigenvalue weighted by molar-refractivity contribution is -0.124. The van der Waals surface area contributed by atoms with Crippen molar-refractivity contribution >= 4 is 5.91 Å². The monoisotopic (exact) mass is 327 g/mol. The quantitative estimate of drug-likeness (QED) is 0.797. The van der Waals surface area contributed by atoms with Crippen LogP contribution in [0.1, 0.15) is 51.7 Å². The fourth-order valence-corrected chi connectivity index (χ4v) is 2.68. The van der Waals surface area contributed by atoms with Gasteiger partial charge in [0.15, 0.2) is 0 Å². The van der Waals surface area contributed by atoms with Crippen LogP contribution >= 0.6 is 0 Å². The summed E-state index contributed by atoms with van der Waals surface area (Å²) in [4.78, 5) is 14.7. The van der Waals surface area contributed by atoms with Crippen LogP contribution in [0.3, 0.4) is 0 Å². The van der Waals surface area contributed by atoms with Gasteiger partial charge in [0.2, 0.25) is 5.91 Å². The minimum Gasteiger partial charge on any atom is -0.337 e. The van der Waals surface area contributed by atoms with Crippen molar-refractivity contribution in [3.8, 4) is 6.07 Å². The van der Waals surface area contributed by atoms with Gasteiger partial charge in [-0.1, -0.05) is 45.0 Å². The molecule has 1 aliphatic rings. The highest BCUT2D eigenvalue weighted by molar-refractivity contribution is 5.79. The zero-order valence-electron chi connectivity index (χ0n) is 15.3. The van der Waals surface area contributed by atoms with Gasteiger partial charge in [-0.2, -0.15) is 5.26 Å². The maximum Gasteiger partial charge on any atom is 0.235 e. The number of nitrogens with one attached hydrogen (secondary N) is 1. The first kappa shape index (κ1) is 18.5. The molecule has 1 saturated carbocycles. The van der Waals surface area contributed by atoms with Gasteiger partial charge in [0.1, 0.15) is 5.54 Å². The standard InChI is InChI=1S/C20H29N3O/c1-5-16-6-8-17(9-7-16)12-23(18-10-11-18)13-19(24)22-20(4,14-21)15(2)3/h6-9,15,18H,5,10-13H2,1-4H3,(H,22,24)/t20-/m0/s1. The Labute approximate surface area is 145 Å². The third kappa shape index (κ3) is 4.82. The van der Waals surface area contributed by atoms with Crippen LogP contribution in [0.5, 0.6) is 0 Å². The minimum atomic E-state index is -0.810. The zero-order valence-corrected chi connectivity index (χ0v) is 15.3. The summed E-state index contributed by atoms with van der Waals surface area (Å²) in [6.07, 6.45) is 3.34. The number of aryl methyl sites for hydroxylation is 1. The highest BCUT2D eigenvalue weighted by Gasteiger charge is 2.34. The zero-order chi connectivity index (χ0) is 17.7. The molecule has 4 heteroatoms. The van der Waals surface area contributed by atoms with Gasteiger partial charge >= 0.3 is 0 Å². The van der Waals surface area contributed by atoms with Crippen LogP contribution < -0.4 is 5.32 Å². The van der Waals surface area contributed by atoms with E-state index in [2.05, 4.69) is 47.5 Å². The van der Waals surface area contributed by atoms with Gasteiger partial charge in [-0.25, -0.2) is 0 Å². The van der Waals surface area contributed by atoms with E-state index in [9.17, 15) is 10.1 Å². The molecular weight excluding hydrogens is 298 g/mol. The average molecular weight is 327 g/mol. The van der Waals surface area contributed by atoms with Crippen LogP contribution in [0, 0.1) is 17.2 Å². The van der Waals surface area contributed by atoms with E-state index in [0.717, 1.165) is 25.8 Å². The highest BCUT2D eigenvalue weighted by atomic mass is 16.2. The molecule has 1 N–H and O–H groups in total. The summed E-state index contributed by atoms with van der Waals surface area (Å²) < 4.78 is 0. The van der Waals surface area contributed by atoms with Crippen molar-refractivity contribution in [2.45, 2.75) is 65.1 Å². The number of hydrogen-bond acceptors (Lipinski definition) is 3. The topological polar surface area (TPSA) is 56.1 Å². The van der Waals surface area contributed by atoms with Gasteiger partial charge in [0.05, 0.1) is 12.6 Å². The molecule has 0 bridgehead atoms. The van der Waals surface area contributed by atoms with E-state index in [0.29, 0.717) is 12.6 Å². The van der Waals surface area contributed by atoms with E-state index < -0.39 is 5.54 Å². The molecule has 1 aromatic rings. The van der Waals surface area contributed by atoms with Crippen LogP contribution in [-0.2, 0) is 17.8 Å². The second kappa shape index (κ2) is 7.81. The third-order valence-electron chi connectivity index (χ3n) is 5.01. The molecule has 1 amide bonds. The Kier molecular flexibility index (Phi) is 6.01. The van der Waals surface area contributed by atoms with E-state index in [1.807, 2.05) is 13.8 Å². The molecule has 2 rings (SSSR count). The van der Waals surface area contributed by atoms with Gasteiger partial charge in [-0.15, -0.1) is 0 Å². The van der Waals surface area contributed by atoms with E-state index in [-0.39, 0.29) is 11.8 Å². The summed E-state index contributed by atoms with van der Waals surface area (Å²) >= 11 is 0. The van der Waals surface area contributed by atoms with E-state index >= 15 is 0 Å². The van der Waals surface area contributed by atoms with Crippen molar-refractivity contribution < 1.29 is 4.79 Å². The first-order valence-electron chi connectivity index (χ1n) is 8.92. The maximum absolute atomic E-state index is 12.5. The van der Waals surface area contributed by atoms with Crippen molar-refractivity contribution in [3.05, 3.63) is 35.4 Å². The number of nitriles is 1. The Morgan fingerprint density at radius 3 is 2.38 bits per heavy atom. The molecular formula is C20H29N3O. The molecule has 0 heterocycles. The summed E-state index contributed by atoms with van der Waals surface area (Å²) in [5.74, 6) is 0.00671. The molecule has 0 radical (unpaired) electrons. The first-order chi connectivity index (χ1) is 11.4. The predicted molar refractivity (Wildman–Crippen MR) is 96.3 cm³/mol. The van der Waals surface area contributed by atoms with Gasteiger partial charge in [-0.05, 0) is 43.2 Å². The SMILES string of the molecule is CCc1ccc(CN(CC(=O)N[C@@](C)(C#N)C(C)C)C2CC2)cc1. The summed E-state index contributed by atoms with van der Waals surface area (Å²) in [6.45, 7) is 8.99. The fraction of sp³-hybridized carbons (Fsp3) is 0.600. The first-order valence-corrected chi connectivity index (χ1v) is 8.92. The van der Waals surface area contributed by atoms with Gasteiger partial charge in [0, 0.05) is 12.6 Å². The van der Waals surface area contributed by atoms with Gasteiger partial charge in [-0.3, -0.25) is 9.69 Å². The highest BCUT2D eigenvalue weighted by Crippen LogP contribution is 2.28. The van der Waals surface area contributed by atoms with E-state index in [1.54, 1.807) is 6.92 Å². The molecule has 0 aromatic heterocycles. The van der Waals surface area contributed by atoms with E-state index in [1.165, 1.54) is 11.1 Å². The summed E-state index contributed by atoms with van der Waals surface area (Å²) in [5.41, 5.74) is 1.75. The number of benzene rings is 1. The minimum absolute atomic E-state index is 0.0650. The van der Waals surface area contributed by atoms with Crippen molar-refractivity contribution in [1.29, 1.82) is 5.26 Å². The van der Waals surface area contributed by atoms with Crippen molar-refractivity contribution in [3.63, 3.8) is 0 Å². The lowest BCUT2D eigenvalue weighted by atomic mass is 9.90. The Bertz CT molecular complexity index is 598. The number of amides is 1. The van der Waals surface area contributed by atoms with Crippen molar-refractivity contribution in [2.75, 3.05) is 6.54 Å². The molecule has 24 heavy (non-hydrogen) atoms. The molecule has 0 saturated heterocycles. The van der Waals surface area contributed by atoms with E-state index in [4.69, 9.17) is 0 Å². The molecule has 1 atom stereocenters. The number of carbonyl (C=O) groups excluding carboxylic acids is 1. The Balaban J connectivity index is 1.98. The lowest BCUT2D eigenvalue weighted by Gasteiger charge is -2.29. The number of rotatable bonds is 8. The molecule has 1 aliphatic carbocycles. The summed E-state index contributed by atoms with van der Waals surface area (Å²) in [7, 11) is 0. The Morgan fingerprint density at radius 2 is 1.92 bits per heavy atom. The van der Waals surface area contributed by atoms with Gasteiger partial charge in [0.25, 0.3) is 0 Å². The maximum atomic E-state index is 12.5. The molecule has 1 fully saturated rings. The normalized spacial score (nSPS) is 16.7. The third-order valence-corrected chi connectivity index (χ3v) is 5.01. The fourth-order valence-electron chi connectivity index (χ4n) is 2.68. The van der Waals surface area contributed by atoms with Gasteiger partial charge < -0.3 is 5.32 Å². The molecule has 4 nitrogen and oxygen atoms in total.